The van der Waals surface area contributed by atoms with Crippen LogP contribution >= 0.6 is 0 Å². The minimum Gasteiger partial charge on any atom is -0.384 e. The zero-order valence-electron chi connectivity index (χ0n) is 6.00. The molecule has 0 saturated carbocycles. The van der Waals surface area contributed by atoms with Crippen molar-refractivity contribution >= 4 is 11.4 Å². The molecule has 0 atom stereocenters. The molecule has 0 saturated heterocycles. The van der Waals surface area contributed by atoms with E-state index >= 15 is 0 Å². The van der Waals surface area contributed by atoms with E-state index < -0.39 is 0 Å². The van der Waals surface area contributed by atoms with Gasteiger partial charge in [-0.3, -0.25) is 0 Å². The monoisotopic (exact) mass is 148 g/mol. The average molecular weight is 148 g/mol. The number of nitrogens with zero attached hydrogens (tertiary/aromatic N) is 1. The van der Waals surface area contributed by atoms with Crippen LogP contribution in [0.1, 0.15) is 5.56 Å². The normalized spacial score (nSPS) is 13.8. The summed E-state index contributed by atoms with van der Waals surface area (Å²) in [6.07, 6.45) is 1.05. The number of anilines is 1. The van der Waals surface area contributed by atoms with Gasteiger partial charge in [0.25, 0.3) is 0 Å². The minimum absolute atomic E-state index is 0.498. The van der Waals surface area contributed by atoms with E-state index in [0.717, 1.165) is 18.7 Å². The fourth-order valence-electron chi connectivity index (χ4n) is 1.34. The Morgan fingerprint density at radius 3 is 3.18 bits per heavy atom. The molecule has 1 aliphatic heterocycles. The van der Waals surface area contributed by atoms with Crippen LogP contribution in [0.3, 0.4) is 0 Å². The molecule has 0 aromatic heterocycles. The van der Waals surface area contributed by atoms with Crippen molar-refractivity contribution in [2.24, 2.45) is 5.18 Å². The van der Waals surface area contributed by atoms with Gasteiger partial charge in [0, 0.05) is 12.2 Å². The van der Waals surface area contributed by atoms with Crippen LogP contribution < -0.4 is 5.32 Å². The molecule has 0 amide bonds. The fraction of sp³-hybridized carbons (Fsp3) is 0.250. The van der Waals surface area contributed by atoms with Gasteiger partial charge in [0.2, 0.25) is 0 Å². The Morgan fingerprint density at radius 1 is 1.45 bits per heavy atom. The molecule has 0 bridgehead atoms. The van der Waals surface area contributed by atoms with E-state index in [0.29, 0.717) is 5.69 Å². The van der Waals surface area contributed by atoms with Gasteiger partial charge in [0.05, 0.1) is 0 Å². The lowest BCUT2D eigenvalue weighted by atomic mass is 10.1. The molecule has 11 heavy (non-hydrogen) atoms. The van der Waals surface area contributed by atoms with Crippen LogP contribution in [-0.2, 0) is 6.42 Å². The van der Waals surface area contributed by atoms with E-state index in [-0.39, 0.29) is 0 Å². The summed E-state index contributed by atoms with van der Waals surface area (Å²) in [6, 6.07) is 5.49. The van der Waals surface area contributed by atoms with Crippen LogP contribution in [0.25, 0.3) is 0 Å². The van der Waals surface area contributed by atoms with Gasteiger partial charge in [0.1, 0.15) is 5.69 Å². The van der Waals surface area contributed by atoms with Crippen LogP contribution in [0.2, 0.25) is 0 Å². The second kappa shape index (κ2) is 2.34. The van der Waals surface area contributed by atoms with Crippen molar-refractivity contribution in [1.29, 1.82) is 0 Å². The van der Waals surface area contributed by atoms with Gasteiger partial charge in [0.15, 0.2) is 0 Å². The first-order valence-corrected chi connectivity index (χ1v) is 3.60. The Bertz CT molecular complexity index is 296. The summed E-state index contributed by atoms with van der Waals surface area (Å²) < 4.78 is 0. The third kappa shape index (κ3) is 0.981. The highest BCUT2D eigenvalue weighted by Gasteiger charge is 2.09. The summed E-state index contributed by atoms with van der Waals surface area (Å²) in [6.45, 7) is 0.970. The lowest BCUT2D eigenvalue weighted by molar-refractivity contribution is 1.11. The molecular weight excluding hydrogens is 140 g/mol. The van der Waals surface area contributed by atoms with E-state index in [1.807, 2.05) is 6.07 Å². The lowest BCUT2D eigenvalue weighted by Crippen LogP contribution is -1.90. The van der Waals surface area contributed by atoms with Gasteiger partial charge in [-0.1, -0.05) is 6.07 Å². The molecule has 0 fully saturated rings. The van der Waals surface area contributed by atoms with E-state index in [1.165, 1.54) is 5.56 Å². The molecule has 0 spiro atoms. The molecule has 0 aliphatic carbocycles. The van der Waals surface area contributed by atoms with Gasteiger partial charge >= 0.3 is 0 Å². The smallest absolute Gasteiger partial charge is 0.110 e. The molecule has 56 valence electrons. The first-order valence-electron chi connectivity index (χ1n) is 3.60. The van der Waals surface area contributed by atoms with E-state index in [1.54, 1.807) is 12.1 Å². The van der Waals surface area contributed by atoms with Crippen LogP contribution in [0, 0.1) is 4.91 Å². The first kappa shape index (κ1) is 6.34. The number of hydrogen-bond acceptors (Lipinski definition) is 3. The highest BCUT2D eigenvalue weighted by Crippen LogP contribution is 2.26. The summed E-state index contributed by atoms with van der Waals surface area (Å²) in [5.74, 6) is 0. The number of rotatable bonds is 1. The molecule has 1 aromatic rings. The largest absolute Gasteiger partial charge is 0.384 e. The summed E-state index contributed by atoms with van der Waals surface area (Å²) in [5, 5.41) is 6.03. The van der Waals surface area contributed by atoms with Crippen molar-refractivity contribution in [3.05, 3.63) is 28.7 Å². The third-order valence-electron chi connectivity index (χ3n) is 1.91. The van der Waals surface area contributed by atoms with Crippen molar-refractivity contribution in [2.75, 3.05) is 11.9 Å². The maximum absolute atomic E-state index is 10.1. The summed E-state index contributed by atoms with van der Waals surface area (Å²) in [5.41, 5.74) is 2.83. The summed E-state index contributed by atoms with van der Waals surface area (Å²) >= 11 is 0. The maximum Gasteiger partial charge on any atom is 0.110 e. The Labute approximate surface area is 64.4 Å². The van der Waals surface area contributed by atoms with Gasteiger partial charge in [-0.05, 0) is 29.3 Å². The molecule has 0 radical (unpaired) electrons. The van der Waals surface area contributed by atoms with Crippen molar-refractivity contribution in [1.82, 2.24) is 0 Å². The lowest BCUT2D eigenvalue weighted by Gasteiger charge is -1.97. The molecule has 1 N–H and O–H groups in total. The van der Waals surface area contributed by atoms with Crippen molar-refractivity contribution < 1.29 is 0 Å². The van der Waals surface area contributed by atoms with Gasteiger partial charge < -0.3 is 5.32 Å². The summed E-state index contributed by atoms with van der Waals surface area (Å²) in [7, 11) is 0. The highest BCUT2D eigenvalue weighted by molar-refractivity contribution is 5.61. The number of nitroso groups, excluding NO2 is 1. The Morgan fingerprint density at radius 2 is 2.36 bits per heavy atom. The number of nitrogens with one attached hydrogen (secondary N) is 1. The van der Waals surface area contributed by atoms with E-state index in [4.69, 9.17) is 0 Å². The Balaban J connectivity index is 2.48. The maximum atomic E-state index is 10.1. The van der Waals surface area contributed by atoms with Gasteiger partial charge in [-0.2, -0.15) is 0 Å². The molecule has 3 heteroatoms. The van der Waals surface area contributed by atoms with Crippen molar-refractivity contribution in [3.8, 4) is 0 Å². The van der Waals surface area contributed by atoms with Crippen LogP contribution in [-0.4, -0.2) is 6.54 Å². The molecule has 1 aromatic carbocycles. The average Bonchev–Trinajstić information content (AvgIpc) is 2.50. The van der Waals surface area contributed by atoms with Crippen LogP contribution in [0.4, 0.5) is 11.4 Å². The predicted molar refractivity (Wildman–Crippen MR) is 44.1 cm³/mol. The second-order valence-electron chi connectivity index (χ2n) is 2.61. The minimum atomic E-state index is 0.498. The Hall–Kier alpha value is -1.38. The molecule has 3 nitrogen and oxygen atoms in total. The van der Waals surface area contributed by atoms with E-state index in [2.05, 4.69) is 10.5 Å². The fourth-order valence-corrected chi connectivity index (χ4v) is 1.34. The third-order valence-corrected chi connectivity index (χ3v) is 1.91. The number of fused-ring (bicyclic) bond motifs is 1. The quantitative estimate of drug-likeness (QED) is 0.619. The zero-order valence-corrected chi connectivity index (χ0v) is 6.00. The molecule has 2 rings (SSSR count). The zero-order chi connectivity index (χ0) is 7.68. The number of hydrogen-bond donors (Lipinski definition) is 1. The highest BCUT2D eigenvalue weighted by atomic mass is 16.3. The topological polar surface area (TPSA) is 41.5 Å². The summed E-state index contributed by atoms with van der Waals surface area (Å²) in [4.78, 5) is 10.1. The SMILES string of the molecule is O=Nc1ccc2c(c1)NCC2. The van der Waals surface area contributed by atoms with E-state index in [9.17, 15) is 4.91 Å². The van der Waals surface area contributed by atoms with Gasteiger partial charge in [-0.15, -0.1) is 4.91 Å². The molecule has 0 unspecified atom stereocenters. The number of benzene rings is 1. The first-order chi connectivity index (χ1) is 5.40. The molecular formula is C8H8N2O. The second-order valence-corrected chi connectivity index (χ2v) is 2.61. The van der Waals surface area contributed by atoms with Crippen molar-refractivity contribution in [3.63, 3.8) is 0 Å². The van der Waals surface area contributed by atoms with Crippen LogP contribution in [0.5, 0.6) is 0 Å². The van der Waals surface area contributed by atoms with Crippen LogP contribution in [0.15, 0.2) is 23.4 Å². The Kier molecular flexibility index (Phi) is 1.35. The standard InChI is InChI=1S/C8H8N2O/c11-10-7-2-1-6-3-4-9-8(6)5-7/h1-2,5,9H,3-4H2. The molecule has 1 heterocycles. The molecule has 1 aliphatic rings. The van der Waals surface area contributed by atoms with Crippen molar-refractivity contribution in [2.45, 2.75) is 6.42 Å². The predicted octanol–water partition coefficient (Wildman–Crippen LogP) is 2.05. The van der Waals surface area contributed by atoms with Gasteiger partial charge in [-0.25, -0.2) is 0 Å².